The molecule has 10 heteroatoms. The Morgan fingerprint density at radius 2 is 1.77 bits per heavy atom. The average Bonchev–Trinajstić information content (AvgIpc) is 2.60. The third kappa shape index (κ3) is 6.75. The van der Waals surface area contributed by atoms with Crippen LogP contribution in [0.1, 0.15) is 0 Å². The molecule has 0 atom stereocenters. The Morgan fingerprint density at radius 3 is 2.46 bits per heavy atom. The van der Waals surface area contributed by atoms with Gasteiger partial charge in [-0.2, -0.15) is 0 Å². The van der Waals surface area contributed by atoms with Gasteiger partial charge in [0.2, 0.25) is 0 Å². The number of benzene rings is 2. The molecule has 0 saturated heterocycles. The van der Waals surface area contributed by atoms with Crippen molar-refractivity contribution in [2.75, 3.05) is 11.9 Å². The van der Waals surface area contributed by atoms with Crippen molar-refractivity contribution >= 4 is 58.2 Å². The quantitative estimate of drug-likeness (QED) is 0.457. The summed E-state index contributed by atoms with van der Waals surface area (Å²) in [6.45, 7) is -0.320. The van der Waals surface area contributed by atoms with Crippen LogP contribution in [-0.2, 0) is 4.79 Å². The largest absolute Gasteiger partial charge is 0.482 e. The van der Waals surface area contributed by atoms with E-state index in [1.54, 1.807) is 36.4 Å². The fraction of sp³-hybridized carbons (Fsp3) is 0.0625. The fourth-order valence-corrected chi connectivity index (χ4v) is 2.35. The maximum absolute atomic E-state index is 11.8. The van der Waals surface area contributed by atoms with E-state index >= 15 is 0 Å². The number of halogens is 2. The van der Waals surface area contributed by atoms with Gasteiger partial charge in [-0.05, 0) is 42.5 Å². The number of hydrazine groups is 1. The molecule has 0 heterocycles. The number of urea groups is 1. The Bertz CT molecular complexity index is 805. The van der Waals surface area contributed by atoms with Crippen molar-refractivity contribution in [1.29, 1.82) is 0 Å². The average molecular weight is 413 g/mol. The van der Waals surface area contributed by atoms with E-state index in [0.29, 0.717) is 16.5 Å². The first kappa shape index (κ1) is 19.8. The molecular formula is C16H14Cl2N4O3S. The predicted octanol–water partition coefficient (Wildman–Crippen LogP) is 3.10. The van der Waals surface area contributed by atoms with Crippen molar-refractivity contribution in [2.45, 2.75) is 0 Å². The molecule has 0 spiro atoms. The van der Waals surface area contributed by atoms with Gasteiger partial charge in [-0.15, -0.1) is 0 Å². The summed E-state index contributed by atoms with van der Waals surface area (Å²) in [5.41, 5.74) is 5.29. The molecule has 0 bridgehead atoms. The van der Waals surface area contributed by atoms with Gasteiger partial charge in [0, 0.05) is 10.7 Å². The van der Waals surface area contributed by atoms with Gasteiger partial charge in [0.15, 0.2) is 11.7 Å². The summed E-state index contributed by atoms with van der Waals surface area (Å²) in [5.74, 6) is -0.218. The van der Waals surface area contributed by atoms with Crippen LogP contribution in [-0.4, -0.2) is 23.7 Å². The first-order chi connectivity index (χ1) is 12.4. The van der Waals surface area contributed by atoms with Gasteiger partial charge >= 0.3 is 6.03 Å². The van der Waals surface area contributed by atoms with E-state index in [1.165, 1.54) is 6.07 Å². The van der Waals surface area contributed by atoms with Crippen LogP contribution in [0, 0.1) is 0 Å². The monoisotopic (exact) mass is 412 g/mol. The van der Waals surface area contributed by atoms with Crippen LogP contribution in [0.3, 0.4) is 0 Å². The van der Waals surface area contributed by atoms with Crippen molar-refractivity contribution in [2.24, 2.45) is 0 Å². The maximum atomic E-state index is 11.8. The van der Waals surface area contributed by atoms with Crippen LogP contribution in [0.15, 0.2) is 48.5 Å². The van der Waals surface area contributed by atoms with Crippen LogP contribution in [0.4, 0.5) is 10.5 Å². The Hall–Kier alpha value is -2.55. The topological polar surface area (TPSA) is 91.5 Å². The van der Waals surface area contributed by atoms with E-state index in [1.807, 2.05) is 6.07 Å². The Morgan fingerprint density at radius 1 is 1.04 bits per heavy atom. The number of nitrogens with one attached hydrogen (secondary N) is 4. The third-order valence-electron chi connectivity index (χ3n) is 2.83. The molecule has 0 aliphatic carbocycles. The fourth-order valence-electron chi connectivity index (χ4n) is 1.73. The highest BCUT2D eigenvalue weighted by Gasteiger charge is 2.09. The molecule has 0 saturated carbocycles. The molecule has 3 amide bonds. The summed E-state index contributed by atoms with van der Waals surface area (Å²) in [5, 5.41) is 5.56. The molecule has 2 aromatic rings. The highest BCUT2D eigenvalue weighted by atomic mass is 35.5. The number of amides is 3. The second-order valence-electron chi connectivity index (χ2n) is 4.81. The van der Waals surface area contributed by atoms with Gasteiger partial charge in [0.1, 0.15) is 5.75 Å². The highest BCUT2D eigenvalue weighted by molar-refractivity contribution is 7.80. The summed E-state index contributed by atoms with van der Waals surface area (Å²) < 4.78 is 5.27. The minimum absolute atomic E-state index is 0.0935. The number of thiocarbonyl (C=S) groups is 1. The number of anilines is 1. The van der Waals surface area contributed by atoms with Gasteiger partial charge in [-0.25, -0.2) is 10.2 Å². The summed E-state index contributed by atoms with van der Waals surface area (Å²) in [6.07, 6.45) is 0. The zero-order chi connectivity index (χ0) is 18.9. The van der Waals surface area contributed by atoms with Gasteiger partial charge in [0.25, 0.3) is 5.91 Å². The normalized spacial score (nSPS) is 9.77. The number of hydrogen-bond acceptors (Lipinski definition) is 4. The summed E-state index contributed by atoms with van der Waals surface area (Å²) in [4.78, 5) is 23.5. The Balaban J connectivity index is 1.70. The van der Waals surface area contributed by atoms with Crippen molar-refractivity contribution < 1.29 is 14.3 Å². The molecule has 0 fully saturated rings. The van der Waals surface area contributed by atoms with Gasteiger partial charge in [0.05, 0.1) is 5.02 Å². The van der Waals surface area contributed by atoms with E-state index in [-0.39, 0.29) is 16.7 Å². The van der Waals surface area contributed by atoms with Crippen LogP contribution in [0.5, 0.6) is 5.75 Å². The Labute approximate surface area is 165 Å². The van der Waals surface area contributed by atoms with Crippen molar-refractivity contribution in [3.8, 4) is 5.75 Å². The molecule has 2 aromatic carbocycles. The standard InChI is InChI=1S/C16H14Cl2N4O3S/c17-10-6-7-13(12(18)8-10)25-9-14(23)20-16(26)22-21-15(24)19-11-4-2-1-3-5-11/h1-8H,9H2,(H2,19,21,24)(H2,20,22,23,26). The number of carbonyl (C=O) groups excluding carboxylic acids is 2. The molecule has 4 N–H and O–H groups in total. The summed E-state index contributed by atoms with van der Waals surface area (Å²) in [6, 6.07) is 12.9. The SMILES string of the molecule is O=C(COc1ccc(Cl)cc1Cl)NC(=S)NNC(=O)Nc1ccccc1. The summed E-state index contributed by atoms with van der Waals surface area (Å²) in [7, 11) is 0. The predicted molar refractivity (Wildman–Crippen MR) is 104 cm³/mol. The molecule has 2 rings (SSSR count). The lowest BCUT2D eigenvalue weighted by molar-refractivity contribution is -0.121. The Kier molecular flexibility index (Phi) is 7.46. The molecule has 136 valence electrons. The van der Waals surface area contributed by atoms with Crippen LogP contribution >= 0.6 is 35.4 Å². The van der Waals surface area contributed by atoms with Gasteiger partial charge in [-0.1, -0.05) is 41.4 Å². The maximum Gasteiger partial charge on any atom is 0.337 e. The van der Waals surface area contributed by atoms with Crippen LogP contribution in [0.25, 0.3) is 0 Å². The molecular weight excluding hydrogens is 399 g/mol. The first-order valence-corrected chi connectivity index (χ1v) is 8.40. The van der Waals surface area contributed by atoms with Crippen molar-refractivity contribution in [3.63, 3.8) is 0 Å². The molecule has 0 aromatic heterocycles. The molecule has 0 unspecified atom stereocenters. The minimum Gasteiger partial charge on any atom is -0.482 e. The zero-order valence-electron chi connectivity index (χ0n) is 13.2. The molecule has 7 nitrogen and oxygen atoms in total. The number of ether oxygens (including phenoxy) is 1. The second kappa shape index (κ2) is 9.81. The summed E-state index contributed by atoms with van der Waals surface area (Å²) >= 11 is 16.6. The molecule has 0 aliphatic heterocycles. The van der Waals surface area contributed by atoms with E-state index in [2.05, 4.69) is 21.5 Å². The number of hydrogen-bond donors (Lipinski definition) is 4. The first-order valence-electron chi connectivity index (χ1n) is 7.24. The number of carbonyl (C=O) groups is 2. The van der Waals surface area contributed by atoms with Crippen LogP contribution < -0.4 is 26.2 Å². The van der Waals surface area contributed by atoms with Crippen molar-refractivity contribution in [1.82, 2.24) is 16.2 Å². The van der Waals surface area contributed by atoms with Gasteiger partial charge in [-0.3, -0.25) is 15.5 Å². The highest BCUT2D eigenvalue weighted by Crippen LogP contribution is 2.27. The van der Waals surface area contributed by atoms with E-state index in [9.17, 15) is 9.59 Å². The van der Waals surface area contributed by atoms with E-state index < -0.39 is 11.9 Å². The molecule has 26 heavy (non-hydrogen) atoms. The van der Waals surface area contributed by atoms with Gasteiger partial charge < -0.3 is 10.1 Å². The third-order valence-corrected chi connectivity index (χ3v) is 3.56. The number of rotatable bonds is 4. The lowest BCUT2D eigenvalue weighted by atomic mass is 10.3. The molecule has 0 radical (unpaired) electrons. The van der Waals surface area contributed by atoms with Crippen LogP contribution in [0.2, 0.25) is 10.0 Å². The lowest BCUT2D eigenvalue weighted by Crippen LogP contribution is -2.50. The molecule has 0 aliphatic rings. The zero-order valence-corrected chi connectivity index (χ0v) is 15.5. The van der Waals surface area contributed by atoms with Crippen molar-refractivity contribution in [3.05, 3.63) is 58.6 Å². The second-order valence-corrected chi connectivity index (χ2v) is 6.06. The number of para-hydroxylation sites is 1. The van der Waals surface area contributed by atoms with E-state index in [0.717, 1.165) is 0 Å². The minimum atomic E-state index is -0.544. The van der Waals surface area contributed by atoms with E-state index in [4.69, 9.17) is 40.2 Å². The lowest BCUT2D eigenvalue weighted by Gasteiger charge is -2.12. The smallest absolute Gasteiger partial charge is 0.337 e.